The summed E-state index contributed by atoms with van der Waals surface area (Å²) in [5.74, 6) is -15.4. The van der Waals surface area contributed by atoms with Gasteiger partial charge < -0.3 is 148 Å². The minimum Gasteiger partial charge on any atom is -0.507 e. The van der Waals surface area contributed by atoms with Gasteiger partial charge in [0.15, 0.2) is 36.2 Å². The average molecular weight is 1660 g/mol. The summed E-state index contributed by atoms with van der Waals surface area (Å²) >= 11 is 7.17. The van der Waals surface area contributed by atoms with E-state index < -0.39 is 250 Å². The molecule has 9 aliphatic rings. The molecule has 0 spiro atoms. The molecule has 9 unspecified atom stereocenters. The molecular weight excluding hydrogens is 1560 g/mol. The fourth-order valence-electron chi connectivity index (χ4n) is 15.4. The van der Waals surface area contributed by atoms with Crippen LogP contribution in [0.1, 0.15) is 131 Å². The second-order valence-electron chi connectivity index (χ2n) is 31.3. The number of carbonyl (C=O) groups excluding carboxylic acids is 7. The van der Waals surface area contributed by atoms with E-state index in [0.717, 1.165) is 42.5 Å². The smallest absolute Gasteiger partial charge is 0.330 e. The molecule has 0 aliphatic carbocycles. The van der Waals surface area contributed by atoms with Crippen LogP contribution in [0, 0.1) is 5.92 Å². The highest BCUT2D eigenvalue weighted by Gasteiger charge is 2.53. The molecule has 23 N–H and O–H groups in total. The standard InChI is InChI=1S/C78H98ClN11O27/c1-31(2)20-43(83-7)69(101)88-58-60(95)36-11-15-47(42(79)22-36)113-49-24-37-23-48(65(49)117-76-66(63(98)62(97)50(30-91)114-76)116-53-28-78(6,82)68(100)33(4)111-53)112-38-12-8-34(9-13-38)64(115-52-27-77(5,81)67(99)32(3)110-52)59-74(106)87-57(75(107)108)40-25-46(93)41(29-90-16-18-109-19-17-90)61(96)54(40)39-21-35(10-14-45(39)92)55(71(103)89-59)86-72(104)56(37)85-70(102)44(26-51(80)94)84-73(58)105/h8-15,21-25,31-33,43-44,50,52-53,55-60,62-64,66-68,76,83,91-93,95-100H,16-20,26-30,81-82H2,1-7H3,(H2,80,94)(H,84,105)(H,85,102)(H,86,104)(H,87,106)(H,88,101)(H,89,103)(H,107,108)/t32-,33-,43?,44?,50+,52-,53-,55?,56?,57?,58?,59?,60?,62+,63-,64?,66+,67-,68-,76-,77-,78-/m0/s1. The van der Waals surface area contributed by atoms with Crippen molar-refractivity contribution in [1.82, 2.24) is 42.1 Å². The number of halogens is 1. The van der Waals surface area contributed by atoms with Gasteiger partial charge in [-0.25, -0.2) is 4.79 Å². The summed E-state index contributed by atoms with van der Waals surface area (Å²) in [6, 6.07) is 0.857. The molecule has 117 heavy (non-hydrogen) atoms. The quantitative estimate of drug-likeness (QED) is 0.0559. The minimum atomic E-state index is -2.36. The van der Waals surface area contributed by atoms with E-state index in [4.69, 9.17) is 71.4 Å². The lowest BCUT2D eigenvalue weighted by Gasteiger charge is -2.47. The number of ether oxygens (including phenoxy) is 9. The molecule has 38 nitrogen and oxygen atoms in total. The van der Waals surface area contributed by atoms with Gasteiger partial charge in [0.2, 0.25) is 53.4 Å². The predicted molar refractivity (Wildman–Crippen MR) is 407 cm³/mol. The Morgan fingerprint density at radius 2 is 1.30 bits per heavy atom. The van der Waals surface area contributed by atoms with Crippen LogP contribution >= 0.6 is 11.6 Å². The maximum absolute atomic E-state index is 16.6. The Morgan fingerprint density at radius 1 is 0.692 bits per heavy atom. The molecule has 39 heteroatoms. The zero-order chi connectivity index (χ0) is 84.7. The lowest BCUT2D eigenvalue weighted by Crippen LogP contribution is -2.64. The van der Waals surface area contributed by atoms with Gasteiger partial charge >= 0.3 is 5.97 Å². The number of carbonyl (C=O) groups is 8. The summed E-state index contributed by atoms with van der Waals surface area (Å²) < 4.78 is 57.5. The van der Waals surface area contributed by atoms with Crippen LogP contribution in [0.3, 0.4) is 0 Å². The highest BCUT2D eigenvalue weighted by Crippen LogP contribution is 2.51. The minimum absolute atomic E-state index is 0.0440. The van der Waals surface area contributed by atoms with Crippen LogP contribution in [0.15, 0.2) is 78.9 Å². The largest absolute Gasteiger partial charge is 0.507 e. The lowest BCUT2D eigenvalue weighted by molar-refractivity contribution is -0.333. The van der Waals surface area contributed by atoms with Crippen molar-refractivity contribution in [3.05, 3.63) is 117 Å². The van der Waals surface area contributed by atoms with Crippen molar-refractivity contribution in [2.45, 2.75) is 207 Å². The van der Waals surface area contributed by atoms with Gasteiger partial charge in [-0.05, 0) is 124 Å². The Balaban J connectivity index is 1.12. The first-order valence-corrected chi connectivity index (χ1v) is 38.4. The number of likely N-dealkylation sites (N-methyl/N-ethyl adjacent to an activating group) is 1. The van der Waals surface area contributed by atoms with Gasteiger partial charge in [0.1, 0.15) is 89.5 Å². The number of phenols is 3. The summed E-state index contributed by atoms with van der Waals surface area (Å²) in [4.78, 5) is 123. The zero-order valence-corrected chi connectivity index (χ0v) is 65.4. The number of aromatic hydroxyl groups is 3. The number of aliphatic hydroxyl groups excluding tert-OH is 6. The number of aliphatic carboxylic acids is 1. The molecule has 14 rings (SSSR count). The Kier molecular flexibility index (Phi) is 26.3. The maximum Gasteiger partial charge on any atom is 0.330 e. The van der Waals surface area contributed by atoms with Crippen LogP contribution in [0.25, 0.3) is 11.1 Å². The van der Waals surface area contributed by atoms with E-state index in [9.17, 15) is 65.4 Å². The van der Waals surface area contributed by atoms with Crippen molar-refractivity contribution in [2.24, 2.45) is 23.1 Å². The molecule has 5 aromatic carbocycles. The summed E-state index contributed by atoms with van der Waals surface area (Å²) in [5, 5.41) is 135. The molecule has 634 valence electrons. The van der Waals surface area contributed by atoms with E-state index in [2.05, 4.69) is 37.2 Å². The van der Waals surface area contributed by atoms with Gasteiger partial charge in [-0.1, -0.05) is 49.7 Å². The number of nitrogens with one attached hydrogen (secondary N) is 7. The molecule has 0 saturated carbocycles. The fourth-order valence-corrected chi connectivity index (χ4v) is 15.7. The van der Waals surface area contributed by atoms with E-state index in [0.29, 0.717) is 13.1 Å². The van der Waals surface area contributed by atoms with Crippen LogP contribution < -0.4 is 68.6 Å². The van der Waals surface area contributed by atoms with E-state index in [1.807, 2.05) is 13.8 Å². The monoisotopic (exact) mass is 1660 g/mol. The number of carboxylic acids is 1. The maximum atomic E-state index is 16.6. The van der Waals surface area contributed by atoms with E-state index in [-0.39, 0.29) is 83.7 Å². The van der Waals surface area contributed by atoms with Gasteiger partial charge in [0.05, 0.1) is 67.3 Å². The first kappa shape index (κ1) is 86.6. The predicted octanol–water partition coefficient (Wildman–Crippen LogP) is -0.478. The van der Waals surface area contributed by atoms with Crippen molar-refractivity contribution in [3.8, 4) is 57.1 Å². The van der Waals surface area contributed by atoms with E-state index >= 15 is 24.0 Å². The Labute approximate surface area is 674 Å². The molecular formula is C78H98ClN11O27. The van der Waals surface area contributed by atoms with Gasteiger partial charge in [0.25, 0.3) is 0 Å². The molecule has 0 aromatic heterocycles. The third-order valence-electron chi connectivity index (χ3n) is 21.8. The molecule has 9 aliphatic heterocycles. The number of morpholine rings is 1. The molecule has 9 heterocycles. The normalized spacial score (nSPS) is 32.0. The third kappa shape index (κ3) is 18.8. The first-order chi connectivity index (χ1) is 55.3. The summed E-state index contributed by atoms with van der Waals surface area (Å²) in [5.41, 5.74) is 13.5. The number of nitrogens with zero attached hydrogens (tertiary/aromatic N) is 1. The average Bonchev–Trinajstić information content (AvgIpc) is 0.769. The molecule has 7 amide bonds. The molecule has 4 fully saturated rings. The number of amides is 7. The molecule has 22 atom stereocenters. The number of hydrogen-bond acceptors (Lipinski definition) is 30. The number of benzene rings is 5. The molecule has 0 radical (unpaired) electrons. The van der Waals surface area contributed by atoms with Gasteiger partial charge in [-0.15, -0.1) is 0 Å². The Morgan fingerprint density at radius 3 is 1.91 bits per heavy atom. The van der Waals surface area contributed by atoms with Crippen LogP contribution in [0.4, 0.5) is 0 Å². The molecule has 5 aromatic rings. The number of rotatable bonds is 17. The van der Waals surface area contributed by atoms with Crippen LogP contribution in [-0.4, -0.2) is 246 Å². The summed E-state index contributed by atoms with van der Waals surface area (Å²) in [7, 11) is 1.48. The highest BCUT2D eigenvalue weighted by molar-refractivity contribution is 6.32. The Bertz CT molecular complexity index is 4570. The fraction of sp³-hybridized carbons (Fsp3) is 0.513. The SMILES string of the molecule is CNC(CC(C)C)C(=O)NC1C(=O)NC(CC(N)=O)C(=O)NC2C(=O)NC3C(=O)NC(C(=O)NC(C(=O)O)c4cc(O)c(CN5CCOCC5)c(O)c4-c4cc3ccc4O)C(O[C@H]3C[C@](C)(N)[C@@H](O)[C@H](C)O3)c3ccc(cc3)Oc3cc2cc(c3O[C@@H]2O[C@H](CO)[C@@H](O)[C@H](O)[C@H]2O[C@H]2C[C@](C)(N)[C@@H](O)[C@H](C)O2)Oc2ccc(cc2Cl)C1O. The third-order valence-corrected chi connectivity index (χ3v) is 22.1. The van der Waals surface area contributed by atoms with Crippen molar-refractivity contribution in [2.75, 3.05) is 40.0 Å². The Hall–Kier alpha value is -9.69. The molecule has 4 saturated heterocycles. The van der Waals surface area contributed by atoms with Gasteiger partial charge in [0, 0.05) is 60.2 Å². The van der Waals surface area contributed by atoms with Gasteiger partial charge in [-0.2, -0.15) is 0 Å². The van der Waals surface area contributed by atoms with Crippen LogP contribution in [0.5, 0.6) is 46.0 Å². The van der Waals surface area contributed by atoms with Gasteiger partial charge in [-0.3, -0.25) is 38.5 Å². The second-order valence-corrected chi connectivity index (χ2v) is 31.7. The molecule has 11 bridgehead atoms. The van der Waals surface area contributed by atoms with Crippen LogP contribution in [-0.2, 0) is 73.3 Å². The van der Waals surface area contributed by atoms with Crippen molar-refractivity contribution >= 4 is 58.9 Å². The summed E-state index contributed by atoms with van der Waals surface area (Å²) in [6.45, 7) is 9.55. The number of aliphatic hydroxyl groups is 6. The zero-order valence-electron chi connectivity index (χ0n) is 64.7. The second kappa shape index (κ2) is 35.5. The van der Waals surface area contributed by atoms with Crippen molar-refractivity contribution < 1.29 is 132 Å². The van der Waals surface area contributed by atoms with E-state index in [1.165, 1.54) is 71.1 Å². The van der Waals surface area contributed by atoms with E-state index in [1.54, 1.807) is 4.90 Å². The number of nitrogens with two attached hydrogens (primary N) is 3. The number of carboxylic acid groups (broad SMARTS) is 1. The number of fused-ring (bicyclic) bond motifs is 15. The van der Waals surface area contributed by atoms with Crippen molar-refractivity contribution in [1.29, 1.82) is 0 Å². The number of hydrogen-bond donors (Lipinski definition) is 20. The van der Waals surface area contributed by atoms with Crippen molar-refractivity contribution in [3.63, 3.8) is 0 Å². The highest BCUT2D eigenvalue weighted by atomic mass is 35.5. The lowest BCUT2D eigenvalue weighted by atomic mass is 9.86. The number of phenolic OH excluding ortho intramolecular Hbond substituents is 3. The summed E-state index contributed by atoms with van der Waals surface area (Å²) in [6.07, 6.45) is -22.5. The van der Waals surface area contributed by atoms with Crippen LogP contribution in [0.2, 0.25) is 5.02 Å². The number of primary amides is 1. The topological polar surface area (TPSA) is 587 Å². The first-order valence-electron chi connectivity index (χ1n) is 38.0.